The molecule has 1 aliphatic rings. The zero-order valence-corrected chi connectivity index (χ0v) is 13.8. The standard InChI is InChI=1S/C16H20N4O4/c1-4-19(5-2)15(21)13-10(3)17-16(22)18-14(13)11-6-8-12(9-7-11)20(23)24/h6-9,14H,4-5H2,1-3H3,(H2,17,18,22)/t14-/m1/s1. The molecule has 0 fully saturated rings. The summed E-state index contributed by atoms with van der Waals surface area (Å²) in [4.78, 5) is 36.6. The molecular weight excluding hydrogens is 312 g/mol. The highest BCUT2D eigenvalue weighted by Crippen LogP contribution is 2.29. The summed E-state index contributed by atoms with van der Waals surface area (Å²) >= 11 is 0. The summed E-state index contributed by atoms with van der Waals surface area (Å²) in [6, 6.07) is 4.77. The van der Waals surface area contributed by atoms with Gasteiger partial charge in [0.15, 0.2) is 0 Å². The van der Waals surface area contributed by atoms with Crippen molar-refractivity contribution in [3.05, 3.63) is 51.2 Å². The second-order valence-electron chi connectivity index (χ2n) is 5.40. The summed E-state index contributed by atoms with van der Waals surface area (Å²) < 4.78 is 0. The van der Waals surface area contributed by atoms with Gasteiger partial charge in [-0.05, 0) is 38.5 Å². The molecule has 8 nitrogen and oxygen atoms in total. The Morgan fingerprint density at radius 2 is 1.83 bits per heavy atom. The number of nitrogens with zero attached hydrogens (tertiary/aromatic N) is 2. The van der Waals surface area contributed by atoms with Crippen LogP contribution >= 0.6 is 0 Å². The maximum atomic E-state index is 12.8. The summed E-state index contributed by atoms with van der Waals surface area (Å²) in [6.45, 7) is 6.54. The van der Waals surface area contributed by atoms with E-state index in [1.165, 1.54) is 12.1 Å². The van der Waals surface area contributed by atoms with Crippen molar-refractivity contribution in [3.63, 3.8) is 0 Å². The first kappa shape index (κ1) is 17.5. The van der Waals surface area contributed by atoms with Gasteiger partial charge in [-0.1, -0.05) is 0 Å². The molecule has 0 aliphatic carbocycles. The Labute approximate surface area is 139 Å². The molecule has 0 saturated carbocycles. The summed E-state index contributed by atoms with van der Waals surface area (Å²) in [5.41, 5.74) is 1.49. The van der Waals surface area contributed by atoms with Gasteiger partial charge in [-0.3, -0.25) is 14.9 Å². The van der Waals surface area contributed by atoms with Crippen molar-refractivity contribution in [2.45, 2.75) is 26.8 Å². The lowest BCUT2D eigenvalue weighted by molar-refractivity contribution is -0.384. The van der Waals surface area contributed by atoms with E-state index in [4.69, 9.17) is 0 Å². The van der Waals surface area contributed by atoms with Crippen LogP contribution in [-0.2, 0) is 4.79 Å². The van der Waals surface area contributed by atoms with E-state index >= 15 is 0 Å². The van der Waals surface area contributed by atoms with Gasteiger partial charge < -0.3 is 15.5 Å². The number of hydrogen-bond donors (Lipinski definition) is 2. The zero-order valence-electron chi connectivity index (χ0n) is 13.8. The van der Waals surface area contributed by atoms with Gasteiger partial charge >= 0.3 is 6.03 Å². The summed E-state index contributed by atoms with van der Waals surface area (Å²) in [6.07, 6.45) is 0. The first-order chi connectivity index (χ1) is 11.4. The van der Waals surface area contributed by atoms with E-state index in [1.807, 2.05) is 13.8 Å². The Balaban J connectivity index is 2.44. The van der Waals surface area contributed by atoms with Gasteiger partial charge in [0.1, 0.15) is 0 Å². The Kier molecular flexibility index (Phi) is 5.18. The maximum Gasteiger partial charge on any atom is 0.319 e. The van der Waals surface area contributed by atoms with Crippen LogP contribution < -0.4 is 10.6 Å². The number of carbonyl (C=O) groups excluding carboxylic acids is 2. The van der Waals surface area contributed by atoms with Crippen LogP contribution in [0.25, 0.3) is 0 Å². The Hall–Kier alpha value is -2.90. The predicted octanol–water partition coefficient (Wildman–Crippen LogP) is 2.09. The lowest BCUT2D eigenvalue weighted by atomic mass is 9.94. The first-order valence-corrected chi connectivity index (χ1v) is 7.70. The van der Waals surface area contributed by atoms with Crippen molar-refractivity contribution in [2.75, 3.05) is 13.1 Å². The fraction of sp³-hybridized carbons (Fsp3) is 0.375. The maximum absolute atomic E-state index is 12.8. The predicted molar refractivity (Wildman–Crippen MR) is 88.1 cm³/mol. The van der Waals surface area contributed by atoms with Crippen LogP contribution in [0, 0.1) is 10.1 Å². The normalized spacial score (nSPS) is 17.1. The number of nitro groups is 1. The van der Waals surface area contributed by atoms with E-state index in [2.05, 4.69) is 10.6 Å². The molecular formula is C16H20N4O4. The van der Waals surface area contributed by atoms with Crippen molar-refractivity contribution in [3.8, 4) is 0 Å². The van der Waals surface area contributed by atoms with Gasteiger partial charge in [0.2, 0.25) is 0 Å². The highest BCUT2D eigenvalue weighted by atomic mass is 16.6. The van der Waals surface area contributed by atoms with Crippen molar-refractivity contribution in [1.82, 2.24) is 15.5 Å². The monoisotopic (exact) mass is 332 g/mol. The minimum atomic E-state index is -0.646. The van der Waals surface area contributed by atoms with Gasteiger partial charge in [0.25, 0.3) is 11.6 Å². The van der Waals surface area contributed by atoms with E-state index < -0.39 is 17.0 Å². The SMILES string of the molecule is CCN(CC)C(=O)C1=C(C)NC(=O)N[C@@H]1c1ccc([N+](=O)[O-])cc1. The largest absolute Gasteiger partial charge is 0.339 e. The van der Waals surface area contributed by atoms with Crippen LogP contribution in [0.1, 0.15) is 32.4 Å². The molecule has 0 spiro atoms. The van der Waals surface area contributed by atoms with Gasteiger partial charge in [0, 0.05) is 30.9 Å². The lowest BCUT2D eigenvalue weighted by Crippen LogP contribution is -2.47. The number of allylic oxidation sites excluding steroid dienone is 1. The van der Waals surface area contributed by atoms with Gasteiger partial charge in [0.05, 0.1) is 16.5 Å². The Bertz CT molecular complexity index is 693. The molecule has 1 aromatic rings. The zero-order chi connectivity index (χ0) is 17.9. The van der Waals surface area contributed by atoms with Crippen LogP contribution in [0.2, 0.25) is 0 Å². The van der Waals surface area contributed by atoms with E-state index in [0.29, 0.717) is 29.9 Å². The van der Waals surface area contributed by atoms with Crippen LogP contribution in [-0.4, -0.2) is 34.9 Å². The highest BCUT2D eigenvalue weighted by Gasteiger charge is 2.33. The average molecular weight is 332 g/mol. The number of benzene rings is 1. The van der Waals surface area contributed by atoms with E-state index in [1.54, 1.807) is 24.0 Å². The van der Waals surface area contributed by atoms with E-state index in [-0.39, 0.29) is 11.6 Å². The third-order valence-corrected chi connectivity index (χ3v) is 3.99. The number of carbonyl (C=O) groups is 2. The average Bonchev–Trinajstić information content (AvgIpc) is 2.55. The molecule has 0 bridgehead atoms. The third kappa shape index (κ3) is 3.37. The number of nitrogens with one attached hydrogen (secondary N) is 2. The fourth-order valence-electron chi connectivity index (χ4n) is 2.70. The molecule has 0 saturated heterocycles. The fourth-order valence-corrected chi connectivity index (χ4v) is 2.70. The molecule has 1 atom stereocenters. The van der Waals surface area contributed by atoms with Crippen LogP contribution in [0.3, 0.4) is 0 Å². The molecule has 8 heteroatoms. The second kappa shape index (κ2) is 7.12. The summed E-state index contributed by atoms with van der Waals surface area (Å²) in [5, 5.41) is 16.1. The number of nitro benzene ring substituents is 1. The van der Waals surface area contributed by atoms with Crippen LogP contribution in [0.4, 0.5) is 10.5 Å². The van der Waals surface area contributed by atoms with Crippen molar-refractivity contribution >= 4 is 17.6 Å². The molecule has 0 radical (unpaired) electrons. The first-order valence-electron chi connectivity index (χ1n) is 7.70. The number of likely N-dealkylation sites (N-methyl/N-ethyl adjacent to an activating group) is 1. The number of urea groups is 1. The van der Waals surface area contributed by atoms with Crippen molar-refractivity contribution in [1.29, 1.82) is 0 Å². The van der Waals surface area contributed by atoms with Gasteiger partial charge in [-0.15, -0.1) is 0 Å². The topological polar surface area (TPSA) is 105 Å². The molecule has 24 heavy (non-hydrogen) atoms. The number of non-ortho nitro benzene ring substituents is 1. The van der Waals surface area contributed by atoms with E-state index in [0.717, 1.165) is 0 Å². The smallest absolute Gasteiger partial charge is 0.319 e. The minimum absolute atomic E-state index is 0.0451. The molecule has 128 valence electrons. The molecule has 0 unspecified atom stereocenters. The quantitative estimate of drug-likeness (QED) is 0.636. The highest BCUT2D eigenvalue weighted by molar-refractivity contribution is 5.98. The molecule has 1 heterocycles. The lowest BCUT2D eigenvalue weighted by Gasteiger charge is -2.31. The molecule has 2 rings (SSSR count). The number of amides is 3. The molecule has 0 aromatic heterocycles. The summed E-state index contributed by atoms with van der Waals surface area (Å²) in [5.74, 6) is -0.173. The van der Waals surface area contributed by atoms with Crippen LogP contribution in [0.15, 0.2) is 35.5 Å². The molecule has 1 aromatic carbocycles. The van der Waals surface area contributed by atoms with Crippen molar-refractivity contribution < 1.29 is 14.5 Å². The Morgan fingerprint density at radius 3 is 2.33 bits per heavy atom. The molecule has 1 aliphatic heterocycles. The van der Waals surface area contributed by atoms with Crippen LogP contribution in [0.5, 0.6) is 0 Å². The van der Waals surface area contributed by atoms with Gasteiger partial charge in [-0.25, -0.2) is 4.79 Å². The number of hydrogen-bond acceptors (Lipinski definition) is 4. The Morgan fingerprint density at radius 1 is 1.25 bits per heavy atom. The number of rotatable bonds is 5. The minimum Gasteiger partial charge on any atom is -0.339 e. The van der Waals surface area contributed by atoms with Crippen molar-refractivity contribution in [2.24, 2.45) is 0 Å². The summed E-state index contributed by atoms with van der Waals surface area (Å²) in [7, 11) is 0. The second-order valence-corrected chi connectivity index (χ2v) is 5.40. The van der Waals surface area contributed by atoms with Gasteiger partial charge in [-0.2, -0.15) is 0 Å². The molecule has 2 N–H and O–H groups in total. The van der Waals surface area contributed by atoms with E-state index in [9.17, 15) is 19.7 Å². The molecule has 3 amide bonds. The third-order valence-electron chi connectivity index (χ3n) is 3.99.